The van der Waals surface area contributed by atoms with Crippen LogP contribution in [-0.2, 0) is 4.74 Å². The number of piperazine rings is 1. The van der Waals surface area contributed by atoms with Gasteiger partial charge in [0.15, 0.2) is 0 Å². The summed E-state index contributed by atoms with van der Waals surface area (Å²) in [7, 11) is 0. The van der Waals surface area contributed by atoms with Gasteiger partial charge in [-0.3, -0.25) is 0 Å². The first-order valence-electron chi connectivity index (χ1n) is 6.55. The molecule has 0 spiro atoms. The molecule has 1 heterocycles. The molecule has 1 fully saturated rings. The predicted octanol–water partition coefficient (Wildman–Crippen LogP) is 1.73. The Labute approximate surface area is 101 Å². The molecule has 0 aliphatic carbocycles. The van der Waals surface area contributed by atoms with Crippen LogP contribution in [0.5, 0.6) is 0 Å². The van der Waals surface area contributed by atoms with E-state index in [1.807, 2.05) is 0 Å². The van der Waals surface area contributed by atoms with Gasteiger partial charge >= 0.3 is 0 Å². The molecule has 3 heteroatoms. The average molecular weight is 228 g/mol. The average Bonchev–Trinajstić information content (AvgIpc) is 2.15. The molecular weight excluding hydrogens is 200 g/mol. The standard InChI is InChI=1S/C13H28N2O/c1-12(2)10-16-9-5-7-15-8-6-14-13(3,4)11-15/h12,14H,5-11H2,1-4H3. The topological polar surface area (TPSA) is 24.5 Å². The van der Waals surface area contributed by atoms with Crippen LogP contribution >= 0.6 is 0 Å². The van der Waals surface area contributed by atoms with Crippen LogP contribution in [0.15, 0.2) is 0 Å². The first-order chi connectivity index (χ1) is 7.49. The van der Waals surface area contributed by atoms with Crippen molar-refractivity contribution in [2.75, 3.05) is 39.4 Å². The molecular formula is C13H28N2O. The summed E-state index contributed by atoms with van der Waals surface area (Å²) in [6, 6.07) is 0. The summed E-state index contributed by atoms with van der Waals surface area (Å²) in [5, 5.41) is 3.53. The third kappa shape index (κ3) is 5.83. The number of nitrogens with one attached hydrogen (secondary N) is 1. The molecule has 0 bridgehead atoms. The van der Waals surface area contributed by atoms with Crippen molar-refractivity contribution in [2.45, 2.75) is 39.7 Å². The Balaban J connectivity index is 2.04. The number of hydrogen-bond acceptors (Lipinski definition) is 3. The van der Waals surface area contributed by atoms with E-state index in [1.165, 1.54) is 13.1 Å². The Morgan fingerprint density at radius 1 is 1.38 bits per heavy atom. The van der Waals surface area contributed by atoms with E-state index in [-0.39, 0.29) is 5.54 Å². The fourth-order valence-electron chi connectivity index (χ4n) is 2.15. The van der Waals surface area contributed by atoms with Crippen molar-refractivity contribution in [2.24, 2.45) is 5.92 Å². The highest BCUT2D eigenvalue weighted by atomic mass is 16.5. The van der Waals surface area contributed by atoms with E-state index in [9.17, 15) is 0 Å². The summed E-state index contributed by atoms with van der Waals surface area (Å²) in [6.45, 7) is 15.3. The number of rotatable bonds is 6. The third-order valence-corrected chi connectivity index (χ3v) is 2.86. The second-order valence-electron chi connectivity index (χ2n) is 5.91. The fourth-order valence-corrected chi connectivity index (χ4v) is 2.15. The molecule has 1 rings (SSSR count). The minimum absolute atomic E-state index is 0.275. The normalized spacial score (nSPS) is 21.6. The Kier molecular flexibility index (Phi) is 5.73. The summed E-state index contributed by atoms with van der Waals surface area (Å²) < 4.78 is 5.60. The molecule has 16 heavy (non-hydrogen) atoms. The summed E-state index contributed by atoms with van der Waals surface area (Å²) >= 11 is 0. The zero-order chi connectivity index (χ0) is 12.0. The number of nitrogens with zero attached hydrogens (tertiary/aromatic N) is 1. The molecule has 0 aromatic carbocycles. The van der Waals surface area contributed by atoms with Gasteiger partial charge in [-0.1, -0.05) is 13.8 Å². The van der Waals surface area contributed by atoms with Gasteiger partial charge in [-0.15, -0.1) is 0 Å². The molecule has 1 saturated heterocycles. The maximum atomic E-state index is 5.60. The van der Waals surface area contributed by atoms with E-state index in [4.69, 9.17) is 4.74 Å². The molecule has 1 N–H and O–H groups in total. The van der Waals surface area contributed by atoms with Crippen molar-refractivity contribution in [3.8, 4) is 0 Å². The van der Waals surface area contributed by atoms with E-state index in [2.05, 4.69) is 37.9 Å². The minimum atomic E-state index is 0.275. The summed E-state index contributed by atoms with van der Waals surface area (Å²) in [4.78, 5) is 2.54. The van der Waals surface area contributed by atoms with Crippen LogP contribution in [0.4, 0.5) is 0 Å². The molecule has 96 valence electrons. The highest BCUT2D eigenvalue weighted by Gasteiger charge is 2.24. The van der Waals surface area contributed by atoms with Gasteiger partial charge in [0.25, 0.3) is 0 Å². The molecule has 1 aliphatic heterocycles. The van der Waals surface area contributed by atoms with E-state index in [1.54, 1.807) is 0 Å². The van der Waals surface area contributed by atoms with Crippen LogP contribution in [-0.4, -0.2) is 49.8 Å². The molecule has 0 amide bonds. The Morgan fingerprint density at radius 3 is 2.75 bits per heavy atom. The maximum absolute atomic E-state index is 5.60. The Morgan fingerprint density at radius 2 is 2.12 bits per heavy atom. The van der Waals surface area contributed by atoms with Crippen LogP contribution < -0.4 is 5.32 Å². The SMILES string of the molecule is CC(C)COCCCN1CCNC(C)(C)C1. The third-order valence-electron chi connectivity index (χ3n) is 2.86. The van der Waals surface area contributed by atoms with Crippen LogP contribution in [0.25, 0.3) is 0 Å². The second kappa shape index (κ2) is 6.58. The van der Waals surface area contributed by atoms with E-state index >= 15 is 0 Å². The molecule has 0 aromatic heterocycles. The van der Waals surface area contributed by atoms with Gasteiger partial charge in [0.1, 0.15) is 0 Å². The van der Waals surface area contributed by atoms with E-state index < -0.39 is 0 Å². The molecule has 3 nitrogen and oxygen atoms in total. The lowest BCUT2D eigenvalue weighted by Gasteiger charge is -2.39. The van der Waals surface area contributed by atoms with Crippen molar-refractivity contribution < 1.29 is 4.74 Å². The molecule has 0 saturated carbocycles. The first kappa shape index (κ1) is 13.9. The zero-order valence-corrected chi connectivity index (χ0v) is 11.4. The summed E-state index contributed by atoms with van der Waals surface area (Å²) in [5.41, 5.74) is 0.275. The van der Waals surface area contributed by atoms with Gasteiger partial charge in [0.2, 0.25) is 0 Å². The van der Waals surface area contributed by atoms with Crippen molar-refractivity contribution in [3.05, 3.63) is 0 Å². The summed E-state index contributed by atoms with van der Waals surface area (Å²) in [5.74, 6) is 0.651. The Bertz CT molecular complexity index is 192. The van der Waals surface area contributed by atoms with Gasteiger partial charge < -0.3 is 15.0 Å². The van der Waals surface area contributed by atoms with Gasteiger partial charge in [-0.05, 0) is 26.2 Å². The lowest BCUT2D eigenvalue weighted by molar-refractivity contribution is 0.0894. The largest absolute Gasteiger partial charge is 0.381 e. The van der Waals surface area contributed by atoms with Crippen molar-refractivity contribution in [1.82, 2.24) is 10.2 Å². The van der Waals surface area contributed by atoms with Gasteiger partial charge in [0, 0.05) is 44.9 Å². The van der Waals surface area contributed by atoms with Crippen molar-refractivity contribution >= 4 is 0 Å². The molecule has 0 atom stereocenters. The van der Waals surface area contributed by atoms with Gasteiger partial charge in [0.05, 0.1) is 0 Å². The van der Waals surface area contributed by atoms with Crippen LogP contribution in [0.3, 0.4) is 0 Å². The van der Waals surface area contributed by atoms with E-state index in [0.717, 1.165) is 32.7 Å². The molecule has 0 radical (unpaired) electrons. The molecule has 1 aliphatic rings. The monoisotopic (exact) mass is 228 g/mol. The minimum Gasteiger partial charge on any atom is -0.381 e. The van der Waals surface area contributed by atoms with Crippen LogP contribution in [0.2, 0.25) is 0 Å². The van der Waals surface area contributed by atoms with Gasteiger partial charge in [-0.2, -0.15) is 0 Å². The van der Waals surface area contributed by atoms with Crippen LogP contribution in [0, 0.1) is 5.92 Å². The van der Waals surface area contributed by atoms with Crippen LogP contribution in [0.1, 0.15) is 34.1 Å². The quantitative estimate of drug-likeness (QED) is 0.701. The first-order valence-corrected chi connectivity index (χ1v) is 6.55. The highest BCUT2D eigenvalue weighted by molar-refractivity contribution is 4.86. The lowest BCUT2D eigenvalue weighted by atomic mass is 10.0. The number of ether oxygens (including phenoxy) is 1. The zero-order valence-electron chi connectivity index (χ0n) is 11.4. The predicted molar refractivity (Wildman–Crippen MR) is 68.8 cm³/mol. The Hall–Kier alpha value is -0.120. The highest BCUT2D eigenvalue weighted by Crippen LogP contribution is 2.10. The van der Waals surface area contributed by atoms with E-state index in [0.29, 0.717) is 5.92 Å². The molecule has 0 aromatic rings. The smallest absolute Gasteiger partial charge is 0.0489 e. The molecule has 0 unspecified atom stereocenters. The number of hydrogen-bond donors (Lipinski definition) is 1. The maximum Gasteiger partial charge on any atom is 0.0489 e. The lowest BCUT2D eigenvalue weighted by Crippen LogP contribution is -2.57. The van der Waals surface area contributed by atoms with Crippen molar-refractivity contribution in [1.29, 1.82) is 0 Å². The van der Waals surface area contributed by atoms with Crippen molar-refractivity contribution in [3.63, 3.8) is 0 Å². The fraction of sp³-hybridized carbons (Fsp3) is 1.00. The second-order valence-corrected chi connectivity index (χ2v) is 5.91. The van der Waals surface area contributed by atoms with Gasteiger partial charge in [-0.25, -0.2) is 0 Å². The summed E-state index contributed by atoms with van der Waals surface area (Å²) in [6.07, 6.45) is 1.16.